The van der Waals surface area contributed by atoms with Crippen molar-refractivity contribution in [2.75, 3.05) is 18.1 Å². The Kier molecular flexibility index (Phi) is 7.68. The summed E-state index contributed by atoms with van der Waals surface area (Å²) in [7, 11) is -4.14. The molecule has 0 aromatic carbocycles. The molecule has 160 valence electrons. The summed E-state index contributed by atoms with van der Waals surface area (Å²) < 4.78 is 29.3. The third-order valence-electron chi connectivity index (χ3n) is 5.04. The van der Waals surface area contributed by atoms with E-state index < -0.39 is 55.8 Å². The van der Waals surface area contributed by atoms with E-state index in [1.165, 1.54) is 37.4 Å². The van der Waals surface area contributed by atoms with Gasteiger partial charge in [-0.15, -0.1) is 23.5 Å². The number of amides is 2. The summed E-state index contributed by atoms with van der Waals surface area (Å²) in [5, 5.41) is 12.2. The predicted molar refractivity (Wildman–Crippen MR) is 103 cm³/mol. The van der Waals surface area contributed by atoms with Crippen LogP contribution in [0.3, 0.4) is 0 Å². The van der Waals surface area contributed by atoms with Crippen LogP contribution in [0.5, 0.6) is 0 Å². The summed E-state index contributed by atoms with van der Waals surface area (Å²) in [5.74, 6) is -2.97. The van der Waals surface area contributed by atoms with Gasteiger partial charge in [-0.1, -0.05) is 0 Å². The molecular formula is C16H19N2NaO8S3. The molecule has 3 aliphatic heterocycles. The van der Waals surface area contributed by atoms with E-state index in [-0.39, 0.29) is 41.7 Å². The average molecular weight is 487 g/mol. The Morgan fingerprint density at radius 2 is 1.83 bits per heavy atom. The minimum atomic E-state index is -4.14. The number of carbonyl (C=O) groups is 4. The van der Waals surface area contributed by atoms with Gasteiger partial charge in [0, 0.05) is 11.5 Å². The van der Waals surface area contributed by atoms with Gasteiger partial charge in [-0.25, -0.2) is 13.2 Å². The molecule has 3 rings (SSSR count). The maximum absolute atomic E-state index is 12.8. The number of nitrogens with one attached hydrogen (secondary N) is 1. The molecule has 0 spiro atoms. The fourth-order valence-corrected chi connectivity index (χ4v) is 8.28. The molecular weight excluding hydrogens is 467 g/mol. The van der Waals surface area contributed by atoms with E-state index in [9.17, 15) is 32.7 Å². The molecule has 2 amide bonds. The quantitative estimate of drug-likeness (QED) is 0.100. The summed E-state index contributed by atoms with van der Waals surface area (Å²) >= 11 is 2.58. The van der Waals surface area contributed by atoms with Crippen molar-refractivity contribution in [2.24, 2.45) is 0 Å². The minimum Gasteiger partial charge on any atom is -0.548 e. The number of ether oxygens (including phenoxy) is 1. The van der Waals surface area contributed by atoms with Crippen LogP contribution in [0.4, 0.5) is 0 Å². The Morgan fingerprint density at radius 1 is 1.27 bits per heavy atom. The Morgan fingerprint density at radius 3 is 2.33 bits per heavy atom. The van der Waals surface area contributed by atoms with E-state index in [0.717, 1.165) is 0 Å². The maximum Gasteiger partial charge on any atom is 1.00 e. The topological polar surface area (TPSA) is 150 Å². The van der Waals surface area contributed by atoms with Crippen molar-refractivity contribution < 1.29 is 67.0 Å². The number of esters is 1. The van der Waals surface area contributed by atoms with Crippen LogP contribution in [0.25, 0.3) is 0 Å². The molecule has 1 N–H and O–H groups in total. The molecule has 3 fully saturated rings. The third-order valence-corrected chi connectivity index (χ3v) is 10.6. The smallest absolute Gasteiger partial charge is 0.548 e. The number of carbonyl (C=O) groups excluding carboxylic acids is 4. The molecule has 3 aliphatic rings. The molecule has 0 bridgehead atoms. The molecule has 3 heterocycles. The number of β-lactam (4-membered cyclic amide) rings is 1. The number of nitrogens with zero attached hydrogens (tertiary/aromatic N) is 1. The van der Waals surface area contributed by atoms with Crippen LogP contribution in [0.1, 0.15) is 20.8 Å². The number of rotatable bonds is 5. The molecule has 30 heavy (non-hydrogen) atoms. The van der Waals surface area contributed by atoms with Gasteiger partial charge in [0.05, 0.1) is 27.6 Å². The van der Waals surface area contributed by atoms with E-state index in [1.807, 2.05) is 0 Å². The van der Waals surface area contributed by atoms with Gasteiger partial charge in [-0.05, 0) is 20.8 Å². The van der Waals surface area contributed by atoms with Crippen molar-refractivity contribution >= 4 is 57.1 Å². The van der Waals surface area contributed by atoms with Gasteiger partial charge < -0.3 is 24.9 Å². The molecule has 0 aromatic heterocycles. The summed E-state index contributed by atoms with van der Waals surface area (Å²) in [6, 6.07) is -3.15. The van der Waals surface area contributed by atoms with Gasteiger partial charge in [0.15, 0.2) is 15.2 Å². The third kappa shape index (κ3) is 3.81. The zero-order chi connectivity index (χ0) is 21.7. The van der Waals surface area contributed by atoms with Crippen LogP contribution in [-0.2, 0) is 33.8 Å². The van der Waals surface area contributed by atoms with Gasteiger partial charge in [0.1, 0.15) is 11.6 Å². The molecule has 10 nitrogen and oxygen atoms in total. The fourth-order valence-electron chi connectivity index (χ4n) is 3.56. The largest absolute Gasteiger partial charge is 1.00 e. The summed E-state index contributed by atoms with van der Waals surface area (Å²) in [4.78, 5) is 49.8. The maximum atomic E-state index is 12.8. The van der Waals surface area contributed by atoms with E-state index in [0.29, 0.717) is 20.6 Å². The van der Waals surface area contributed by atoms with E-state index in [2.05, 4.69) is 5.32 Å². The molecule has 0 aromatic rings. The molecule has 3 saturated heterocycles. The second-order valence-corrected chi connectivity index (χ2v) is 12.1. The molecule has 0 aliphatic carbocycles. The predicted octanol–water partition coefficient (Wildman–Crippen LogP) is -4.78. The number of hydrogen-bond acceptors (Lipinski definition) is 10. The number of thioether (sulfide) groups is 2. The Hall–Kier alpha value is -0.730. The number of sulfone groups is 1. The van der Waals surface area contributed by atoms with Crippen molar-refractivity contribution in [1.82, 2.24) is 10.2 Å². The molecule has 0 saturated carbocycles. The minimum absolute atomic E-state index is 0. The summed E-state index contributed by atoms with van der Waals surface area (Å²) in [6.07, 6.45) is 0. The first-order valence-electron chi connectivity index (χ1n) is 8.71. The number of hydrogen-bond donors (Lipinski definition) is 1. The van der Waals surface area contributed by atoms with E-state index in [1.54, 1.807) is 6.92 Å². The van der Waals surface area contributed by atoms with E-state index >= 15 is 0 Å². The van der Waals surface area contributed by atoms with Gasteiger partial charge in [0.2, 0.25) is 5.91 Å². The number of carboxylic acids is 1. The number of aliphatic carboxylic acids is 1. The Bertz CT molecular complexity index is 925. The molecule has 3 atom stereocenters. The number of carboxylic acid groups (broad SMARTS) is 1. The van der Waals surface area contributed by atoms with Crippen LogP contribution in [0.15, 0.2) is 9.81 Å². The zero-order valence-corrected chi connectivity index (χ0v) is 21.2. The van der Waals surface area contributed by atoms with E-state index in [4.69, 9.17) is 4.74 Å². The SMILES string of the molecule is CCOC(=O)C(C(=O)N[C@@H]1C(=O)N2C(C(=O)[O-])C(C)(C)S(=O)(=O)[C@@H]12)=C1SCCS1.[Na+]. The van der Waals surface area contributed by atoms with Gasteiger partial charge in [0.25, 0.3) is 5.91 Å². The average Bonchev–Trinajstić information content (AvgIpc) is 3.17. The molecule has 0 radical (unpaired) electrons. The molecule has 1 unspecified atom stereocenters. The van der Waals surface area contributed by atoms with Crippen LogP contribution in [-0.4, -0.2) is 77.4 Å². The van der Waals surface area contributed by atoms with Gasteiger partial charge in [-0.3, -0.25) is 9.59 Å². The normalized spacial score (nSPS) is 28.1. The van der Waals surface area contributed by atoms with Crippen molar-refractivity contribution in [1.29, 1.82) is 0 Å². The summed E-state index contributed by atoms with van der Waals surface area (Å²) in [6.45, 7) is 4.01. The standard InChI is InChI=1S/C16H20N2O8S3.Na/c1-4-26-14(23)7(15-27-5-6-28-15)10(19)17-8-11(20)18-9(13(21)22)16(2,3)29(24,25)12(8)18;/h8-9,12H,4-6H2,1-3H3,(H,17,19)(H,21,22);/q;+1/p-1/t8-,9?,12+;/m1./s1. The number of fused-ring (bicyclic) bond motifs is 1. The summed E-state index contributed by atoms with van der Waals surface area (Å²) in [5.41, 5.74) is -0.281. The molecule has 14 heteroatoms. The fraction of sp³-hybridized carbons (Fsp3) is 0.625. The first-order valence-corrected chi connectivity index (χ1v) is 12.2. The van der Waals surface area contributed by atoms with Crippen molar-refractivity contribution in [3.05, 3.63) is 9.81 Å². The van der Waals surface area contributed by atoms with Gasteiger partial charge in [-0.2, -0.15) is 0 Å². The van der Waals surface area contributed by atoms with Crippen molar-refractivity contribution in [3.8, 4) is 0 Å². The van der Waals surface area contributed by atoms with Crippen LogP contribution in [0.2, 0.25) is 0 Å². The second kappa shape index (κ2) is 9.02. The van der Waals surface area contributed by atoms with Crippen molar-refractivity contribution in [3.63, 3.8) is 0 Å². The van der Waals surface area contributed by atoms with Crippen molar-refractivity contribution in [2.45, 2.75) is 43.0 Å². The van der Waals surface area contributed by atoms with Crippen LogP contribution in [0, 0.1) is 0 Å². The first kappa shape index (κ1) is 25.5. The second-order valence-electron chi connectivity index (χ2n) is 7.04. The Labute approximate surface area is 204 Å². The Balaban J connectivity index is 0.00000320. The van der Waals surface area contributed by atoms with Crippen LogP contribution < -0.4 is 40.0 Å². The first-order chi connectivity index (χ1) is 13.5. The monoisotopic (exact) mass is 486 g/mol. The zero-order valence-electron chi connectivity index (χ0n) is 16.8. The van der Waals surface area contributed by atoms with Crippen LogP contribution >= 0.6 is 23.5 Å². The van der Waals surface area contributed by atoms with Gasteiger partial charge >= 0.3 is 35.5 Å².